The summed E-state index contributed by atoms with van der Waals surface area (Å²) in [5, 5.41) is 13.7. The van der Waals surface area contributed by atoms with Crippen molar-refractivity contribution in [3.8, 4) is 0 Å². The van der Waals surface area contributed by atoms with Crippen LogP contribution in [0, 0.1) is 5.41 Å². The summed E-state index contributed by atoms with van der Waals surface area (Å²) in [4.78, 5) is 22.2. The number of H-pyrrole nitrogens is 1. The van der Waals surface area contributed by atoms with E-state index in [0.29, 0.717) is 18.7 Å². The van der Waals surface area contributed by atoms with Crippen molar-refractivity contribution in [2.24, 2.45) is 5.41 Å². The van der Waals surface area contributed by atoms with Crippen LogP contribution in [0.2, 0.25) is 0 Å². The van der Waals surface area contributed by atoms with Gasteiger partial charge in [-0.2, -0.15) is 0 Å². The van der Waals surface area contributed by atoms with Crippen molar-refractivity contribution in [3.63, 3.8) is 0 Å². The smallest absolute Gasteiger partial charge is 0.271 e. The fourth-order valence-electron chi connectivity index (χ4n) is 3.33. The zero-order valence-corrected chi connectivity index (χ0v) is 13.7. The lowest BCUT2D eigenvalue weighted by molar-refractivity contribution is -0.0164. The summed E-state index contributed by atoms with van der Waals surface area (Å²) in [5.74, 6) is 0.614. The Balaban J connectivity index is 1.80. The monoisotopic (exact) mass is 306 g/mol. The van der Waals surface area contributed by atoms with Gasteiger partial charge in [0.05, 0.1) is 5.60 Å². The van der Waals surface area contributed by atoms with Crippen LogP contribution in [0.5, 0.6) is 0 Å². The van der Waals surface area contributed by atoms with Crippen LogP contribution in [0.15, 0.2) is 0 Å². The lowest BCUT2D eigenvalue weighted by Crippen LogP contribution is -2.44. The maximum absolute atomic E-state index is 12.2. The summed E-state index contributed by atoms with van der Waals surface area (Å²) in [6.45, 7) is 6.71. The Morgan fingerprint density at radius 3 is 2.68 bits per heavy atom. The first kappa shape index (κ1) is 15.5. The lowest BCUT2D eigenvalue weighted by Gasteiger charge is -2.36. The number of hydrogen-bond donors (Lipinski definition) is 3. The van der Waals surface area contributed by atoms with Crippen molar-refractivity contribution in [3.05, 3.63) is 17.2 Å². The molecule has 0 saturated carbocycles. The molecule has 2 aliphatic heterocycles. The summed E-state index contributed by atoms with van der Waals surface area (Å²) >= 11 is 0. The number of carbonyl (C=O) groups is 1. The summed E-state index contributed by atoms with van der Waals surface area (Å²) in [6.07, 6.45) is 2.76. The molecule has 2 aliphatic rings. The molecule has 3 rings (SSSR count). The molecular weight excluding hydrogens is 280 g/mol. The van der Waals surface area contributed by atoms with E-state index in [1.54, 1.807) is 0 Å². The summed E-state index contributed by atoms with van der Waals surface area (Å²) in [6, 6.07) is 0. The van der Waals surface area contributed by atoms with Gasteiger partial charge in [-0.1, -0.05) is 13.8 Å². The third-order valence-electron chi connectivity index (χ3n) is 4.84. The number of carbonyl (C=O) groups excluding carboxylic acids is 1. The van der Waals surface area contributed by atoms with Crippen molar-refractivity contribution >= 4 is 5.91 Å². The van der Waals surface area contributed by atoms with Gasteiger partial charge in [-0.05, 0) is 31.7 Å². The normalized spacial score (nSPS) is 24.5. The Morgan fingerprint density at radius 1 is 1.32 bits per heavy atom. The molecule has 1 amide bonds. The molecule has 0 bridgehead atoms. The highest BCUT2D eigenvalue weighted by molar-refractivity contribution is 5.93. The molecule has 3 heterocycles. The van der Waals surface area contributed by atoms with Gasteiger partial charge in [0.25, 0.3) is 5.91 Å². The van der Waals surface area contributed by atoms with Gasteiger partial charge in [0.1, 0.15) is 11.5 Å². The zero-order valence-electron chi connectivity index (χ0n) is 13.7. The van der Waals surface area contributed by atoms with Crippen LogP contribution < -0.4 is 5.32 Å². The van der Waals surface area contributed by atoms with E-state index < -0.39 is 5.60 Å². The fraction of sp³-hybridized carbons (Fsp3) is 0.750. The second-order valence-corrected chi connectivity index (χ2v) is 7.74. The number of piperidine rings is 1. The number of nitrogens with zero attached hydrogens (tertiary/aromatic N) is 2. The predicted octanol–water partition coefficient (Wildman–Crippen LogP) is 0.721. The molecule has 1 aromatic rings. The van der Waals surface area contributed by atoms with Crippen LogP contribution >= 0.6 is 0 Å². The highest BCUT2D eigenvalue weighted by Gasteiger charge is 2.34. The molecular formula is C16H26N4O2. The summed E-state index contributed by atoms with van der Waals surface area (Å²) in [5.41, 5.74) is 0.688. The molecule has 122 valence electrons. The second kappa shape index (κ2) is 5.35. The highest BCUT2D eigenvalue weighted by Crippen LogP contribution is 2.28. The molecule has 3 N–H and O–H groups in total. The lowest BCUT2D eigenvalue weighted by atomic mass is 9.88. The Kier molecular flexibility index (Phi) is 3.77. The maximum atomic E-state index is 12.2. The molecule has 0 spiro atoms. The summed E-state index contributed by atoms with van der Waals surface area (Å²) in [7, 11) is 2.07. The van der Waals surface area contributed by atoms with Gasteiger partial charge in [0, 0.05) is 31.7 Å². The molecule has 1 fully saturated rings. The predicted molar refractivity (Wildman–Crippen MR) is 83.8 cm³/mol. The van der Waals surface area contributed by atoms with E-state index in [4.69, 9.17) is 0 Å². The Bertz CT molecular complexity index is 571. The molecule has 0 radical (unpaired) electrons. The number of likely N-dealkylation sites (tertiary alicyclic amines) is 1. The van der Waals surface area contributed by atoms with E-state index in [9.17, 15) is 9.90 Å². The van der Waals surface area contributed by atoms with Crippen LogP contribution in [-0.4, -0.2) is 58.2 Å². The van der Waals surface area contributed by atoms with E-state index in [1.165, 1.54) is 0 Å². The van der Waals surface area contributed by atoms with Gasteiger partial charge in [0.15, 0.2) is 0 Å². The Labute approximate surface area is 131 Å². The fourth-order valence-corrected chi connectivity index (χ4v) is 3.33. The number of rotatable bonds is 2. The van der Waals surface area contributed by atoms with Crippen molar-refractivity contribution in [1.82, 2.24) is 20.2 Å². The van der Waals surface area contributed by atoms with Crippen molar-refractivity contribution in [2.75, 3.05) is 26.7 Å². The largest absolute Gasteiger partial charge is 0.389 e. The first-order valence-electron chi connectivity index (χ1n) is 8.03. The van der Waals surface area contributed by atoms with Crippen LogP contribution in [0.3, 0.4) is 0 Å². The van der Waals surface area contributed by atoms with E-state index in [-0.39, 0.29) is 11.3 Å². The van der Waals surface area contributed by atoms with Gasteiger partial charge in [-0.25, -0.2) is 4.98 Å². The minimum atomic E-state index is -0.713. The van der Waals surface area contributed by atoms with E-state index >= 15 is 0 Å². The topological polar surface area (TPSA) is 81.2 Å². The van der Waals surface area contributed by atoms with E-state index in [1.807, 2.05) is 0 Å². The number of nitrogens with one attached hydrogen (secondary N) is 2. The maximum Gasteiger partial charge on any atom is 0.271 e. The highest BCUT2D eigenvalue weighted by atomic mass is 16.3. The molecule has 0 unspecified atom stereocenters. The number of aromatic nitrogens is 2. The average Bonchev–Trinajstić information content (AvgIpc) is 2.77. The second-order valence-electron chi connectivity index (χ2n) is 7.74. The van der Waals surface area contributed by atoms with Gasteiger partial charge in [-0.15, -0.1) is 0 Å². The molecule has 6 heteroatoms. The van der Waals surface area contributed by atoms with Gasteiger partial charge in [0.2, 0.25) is 0 Å². The number of aromatic amines is 1. The number of fused-ring (bicyclic) bond motifs is 1. The Morgan fingerprint density at radius 2 is 2.00 bits per heavy atom. The number of aliphatic hydroxyl groups is 1. The standard InChI is InChI=1S/C16H26N4O2/c1-15(2)8-11-13(14(21)17-10-15)19-12(18-11)9-16(22)4-6-20(3)7-5-16/h22H,4-10H2,1-3H3,(H,17,21)(H,18,19). The molecule has 1 saturated heterocycles. The van der Waals surface area contributed by atoms with Crippen molar-refractivity contribution in [2.45, 2.75) is 45.1 Å². The molecule has 0 aromatic carbocycles. The zero-order chi connectivity index (χ0) is 16.0. The first-order valence-corrected chi connectivity index (χ1v) is 8.03. The number of hydrogen-bond acceptors (Lipinski definition) is 4. The number of imidazole rings is 1. The molecule has 6 nitrogen and oxygen atoms in total. The van der Waals surface area contributed by atoms with Crippen LogP contribution in [0.25, 0.3) is 0 Å². The molecule has 0 atom stereocenters. The van der Waals surface area contributed by atoms with E-state index in [0.717, 1.165) is 43.9 Å². The van der Waals surface area contributed by atoms with Crippen LogP contribution in [0.1, 0.15) is 48.7 Å². The Hall–Kier alpha value is -1.40. The SMILES string of the molecule is CN1CCC(O)(Cc2nc3c([nH]2)CC(C)(C)CNC3=O)CC1. The minimum Gasteiger partial charge on any atom is -0.389 e. The van der Waals surface area contributed by atoms with Crippen molar-refractivity contribution in [1.29, 1.82) is 0 Å². The van der Waals surface area contributed by atoms with Gasteiger partial charge < -0.3 is 20.3 Å². The van der Waals surface area contributed by atoms with Gasteiger partial charge in [-0.3, -0.25) is 4.79 Å². The first-order chi connectivity index (χ1) is 10.3. The summed E-state index contributed by atoms with van der Waals surface area (Å²) < 4.78 is 0. The van der Waals surface area contributed by atoms with Crippen molar-refractivity contribution < 1.29 is 9.90 Å². The van der Waals surface area contributed by atoms with Gasteiger partial charge >= 0.3 is 0 Å². The van der Waals surface area contributed by atoms with Crippen LogP contribution in [-0.2, 0) is 12.8 Å². The molecule has 1 aromatic heterocycles. The molecule has 22 heavy (non-hydrogen) atoms. The quantitative estimate of drug-likeness (QED) is 0.752. The third kappa shape index (κ3) is 3.17. The number of amides is 1. The minimum absolute atomic E-state index is 0.00909. The molecule has 0 aliphatic carbocycles. The van der Waals surface area contributed by atoms with Crippen LogP contribution in [0.4, 0.5) is 0 Å². The average molecular weight is 306 g/mol. The van der Waals surface area contributed by atoms with E-state index in [2.05, 4.69) is 41.1 Å². The third-order valence-corrected chi connectivity index (χ3v) is 4.84.